The topological polar surface area (TPSA) is 52.7 Å². The Labute approximate surface area is 166 Å². The second-order valence-electron chi connectivity index (χ2n) is 7.11. The number of hydrogen-bond acceptors (Lipinski definition) is 4. The van der Waals surface area contributed by atoms with Crippen LogP contribution in [0.1, 0.15) is 50.7 Å². The number of anilines is 1. The number of carbonyl (C=O) groups excluding carboxylic acids is 2. The van der Waals surface area contributed by atoms with Gasteiger partial charge in [0.1, 0.15) is 5.57 Å². The molecule has 2 aliphatic heterocycles. The van der Waals surface area contributed by atoms with Crippen molar-refractivity contribution in [2.45, 2.75) is 46.0 Å². The maximum atomic E-state index is 12.8. The molecule has 27 heavy (non-hydrogen) atoms. The molecule has 0 bridgehead atoms. The standard InChI is InChI=1S/C21H27N3O2S/c1-3-5-12-24-20(26)17(19(25)22-21(24)27)13-15-8-9-16-7-6-11-23(10-4-2)18(16)14-15/h8-9,13-14H,3-7,10-12H2,1-2H3,(H,22,25,27)/b17-13+. The molecule has 1 N–H and O–H groups in total. The van der Waals surface area contributed by atoms with Crippen molar-refractivity contribution in [1.82, 2.24) is 10.2 Å². The van der Waals surface area contributed by atoms with Gasteiger partial charge in [-0.2, -0.15) is 0 Å². The van der Waals surface area contributed by atoms with Crippen LogP contribution in [0.4, 0.5) is 5.69 Å². The van der Waals surface area contributed by atoms with Gasteiger partial charge in [-0.3, -0.25) is 19.8 Å². The molecule has 0 radical (unpaired) electrons. The second kappa shape index (κ2) is 8.65. The Bertz CT molecular complexity index is 788. The van der Waals surface area contributed by atoms with Gasteiger partial charge in [0.05, 0.1) is 0 Å². The lowest BCUT2D eigenvalue weighted by molar-refractivity contribution is -0.128. The summed E-state index contributed by atoms with van der Waals surface area (Å²) in [6.07, 6.45) is 6.83. The smallest absolute Gasteiger partial charge is 0.265 e. The van der Waals surface area contributed by atoms with Gasteiger partial charge in [-0.1, -0.05) is 32.4 Å². The third-order valence-electron chi connectivity index (χ3n) is 5.05. The van der Waals surface area contributed by atoms with Gasteiger partial charge in [-0.15, -0.1) is 0 Å². The molecule has 1 aromatic carbocycles. The minimum Gasteiger partial charge on any atom is -0.371 e. The number of fused-ring (bicyclic) bond motifs is 1. The zero-order valence-corrected chi connectivity index (χ0v) is 16.9. The minimum absolute atomic E-state index is 0.150. The lowest BCUT2D eigenvalue weighted by Crippen LogP contribution is -2.54. The van der Waals surface area contributed by atoms with Gasteiger partial charge in [-0.05, 0) is 61.2 Å². The zero-order chi connectivity index (χ0) is 19.4. The van der Waals surface area contributed by atoms with E-state index in [1.807, 2.05) is 6.07 Å². The third-order valence-corrected chi connectivity index (χ3v) is 5.37. The predicted octanol–water partition coefficient (Wildman–Crippen LogP) is 3.28. The van der Waals surface area contributed by atoms with Crippen molar-refractivity contribution in [3.8, 4) is 0 Å². The van der Waals surface area contributed by atoms with Gasteiger partial charge in [0.2, 0.25) is 0 Å². The highest BCUT2D eigenvalue weighted by molar-refractivity contribution is 7.80. The molecule has 0 unspecified atom stereocenters. The normalized spacial score (nSPS) is 18.7. The van der Waals surface area contributed by atoms with E-state index >= 15 is 0 Å². The van der Waals surface area contributed by atoms with Gasteiger partial charge >= 0.3 is 0 Å². The average Bonchev–Trinajstić information content (AvgIpc) is 2.65. The van der Waals surface area contributed by atoms with E-state index in [4.69, 9.17) is 12.2 Å². The van der Waals surface area contributed by atoms with Crippen LogP contribution in [0.25, 0.3) is 6.08 Å². The zero-order valence-electron chi connectivity index (χ0n) is 16.1. The van der Waals surface area contributed by atoms with Crippen molar-refractivity contribution < 1.29 is 9.59 Å². The number of amides is 2. The number of aryl methyl sites for hydroxylation is 1. The van der Waals surface area contributed by atoms with Crippen LogP contribution in [0.2, 0.25) is 0 Å². The molecule has 6 heteroatoms. The fourth-order valence-corrected chi connectivity index (χ4v) is 3.91. The molecular weight excluding hydrogens is 358 g/mol. The van der Waals surface area contributed by atoms with Gasteiger partial charge in [0.15, 0.2) is 5.11 Å². The van der Waals surface area contributed by atoms with Crippen LogP contribution in [-0.4, -0.2) is 41.5 Å². The molecule has 144 valence electrons. The summed E-state index contributed by atoms with van der Waals surface area (Å²) >= 11 is 5.18. The Kier molecular flexibility index (Phi) is 6.26. The largest absolute Gasteiger partial charge is 0.371 e. The Hall–Kier alpha value is -2.21. The monoisotopic (exact) mass is 385 g/mol. The molecule has 5 nitrogen and oxygen atoms in total. The summed E-state index contributed by atoms with van der Waals surface area (Å²) in [5.41, 5.74) is 3.58. The van der Waals surface area contributed by atoms with Crippen molar-refractivity contribution in [3.63, 3.8) is 0 Å². The Morgan fingerprint density at radius 3 is 2.74 bits per heavy atom. The first-order valence-electron chi connectivity index (χ1n) is 9.82. The molecule has 0 aromatic heterocycles. The summed E-state index contributed by atoms with van der Waals surface area (Å²) in [7, 11) is 0. The summed E-state index contributed by atoms with van der Waals surface area (Å²) in [5.74, 6) is -0.721. The summed E-state index contributed by atoms with van der Waals surface area (Å²) in [4.78, 5) is 29.1. The Balaban J connectivity index is 1.90. The Morgan fingerprint density at radius 1 is 1.19 bits per heavy atom. The van der Waals surface area contributed by atoms with Crippen molar-refractivity contribution >= 4 is 40.9 Å². The van der Waals surface area contributed by atoms with E-state index in [-0.39, 0.29) is 16.6 Å². The van der Waals surface area contributed by atoms with E-state index in [1.54, 1.807) is 6.08 Å². The number of thiocarbonyl (C=S) groups is 1. The molecule has 2 heterocycles. The molecule has 3 rings (SSSR count). The minimum atomic E-state index is -0.416. The molecule has 2 aliphatic rings. The number of benzene rings is 1. The number of nitrogens with zero attached hydrogens (tertiary/aromatic N) is 2. The van der Waals surface area contributed by atoms with Crippen LogP contribution < -0.4 is 10.2 Å². The van der Waals surface area contributed by atoms with Gasteiger partial charge in [-0.25, -0.2) is 0 Å². The van der Waals surface area contributed by atoms with Gasteiger partial charge in [0.25, 0.3) is 11.8 Å². The first kappa shape index (κ1) is 19.5. The number of rotatable bonds is 6. The molecule has 1 fully saturated rings. The van der Waals surface area contributed by atoms with Crippen LogP contribution in [0.5, 0.6) is 0 Å². The summed E-state index contributed by atoms with van der Waals surface area (Å²) in [6, 6.07) is 6.21. The summed E-state index contributed by atoms with van der Waals surface area (Å²) in [5, 5.41) is 2.85. The maximum absolute atomic E-state index is 12.8. The van der Waals surface area contributed by atoms with Crippen molar-refractivity contribution in [1.29, 1.82) is 0 Å². The first-order valence-corrected chi connectivity index (χ1v) is 10.2. The van der Waals surface area contributed by atoms with Crippen LogP contribution in [-0.2, 0) is 16.0 Å². The molecule has 0 atom stereocenters. The number of unbranched alkanes of at least 4 members (excludes halogenated alkanes) is 1. The number of nitrogens with one attached hydrogen (secondary N) is 1. The van der Waals surface area contributed by atoms with Crippen LogP contribution in [0.3, 0.4) is 0 Å². The molecule has 1 aromatic rings. The highest BCUT2D eigenvalue weighted by Crippen LogP contribution is 2.29. The fourth-order valence-electron chi connectivity index (χ4n) is 3.64. The van der Waals surface area contributed by atoms with Gasteiger partial charge < -0.3 is 4.90 Å². The first-order chi connectivity index (χ1) is 13.0. The van der Waals surface area contributed by atoms with E-state index in [0.29, 0.717) is 6.54 Å². The lowest BCUT2D eigenvalue weighted by Gasteiger charge is -2.31. The Morgan fingerprint density at radius 2 is 2.00 bits per heavy atom. The van der Waals surface area contributed by atoms with E-state index in [1.165, 1.54) is 16.2 Å². The highest BCUT2D eigenvalue weighted by Gasteiger charge is 2.32. The lowest BCUT2D eigenvalue weighted by atomic mass is 9.98. The molecular formula is C21H27N3O2S. The quantitative estimate of drug-likeness (QED) is 0.464. The van der Waals surface area contributed by atoms with Gasteiger partial charge in [0, 0.05) is 25.3 Å². The van der Waals surface area contributed by atoms with Crippen LogP contribution in [0, 0.1) is 0 Å². The maximum Gasteiger partial charge on any atom is 0.265 e. The van der Waals surface area contributed by atoms with E-state index in [0.717, 1.165) is 50.8 Å². The molecule has 1 saturated heterocycles. The average molecular weight is 386 g/mol. The summed E-state index contributed by atoms with van der Waals surface area (Å²) in [6.45, 7) is 6.84. The highest BCUT2D eigenvalue weighted by atomic mass is 32.1. The van der Waals surface area contributed by atoms with E-state index < -0.39 is 5.91 Å². The number of carbonyl (C=O) groups is 2. The van der Waals surface area contributed by atoms with E-state index in [2.05, 4.69) is 36.2 Å². The van der Waals surface area contributed by atoms with Crippen molar-refractivity contribution in [3.05, 3.63) is 34.9 Å². The second-order valence-corrected chi connectivity index (χ2v) is 7.49. The van der Waals surface area contributed by atoms with Crippen LogP contribution >= 0.6 is 12.2 Å². The summed E-state index contributed by atoms with van der Waals surface area (Å²) < 4.78 is 0. The van der Waals surface area contributed by atoms with Crippen LogP contribution in [0.15, 0.2) is 23.8 Å². The molecule has 2 amide bonds. The molecule has 0 aliphatic carbocycles. The third kappa shape index (κ3) is 4.21. The molecule has 0 saturated carbocycles. The van der Waals surface area contributed by atoms with E-state index in [9.17, 15) is 9.59 Å². The SMILES string of the molecule is CCCCN1C(=O)/C(=C/c2ccc3c(c2)N(CCC)CCC3)C(=O)NC1=S. The number of hydrogen-bond donors (Lipinski definition) is 1. The fraction of sp³-hybridized carbons (Fsp3) is 0.476. The van der Waals surface area contributed by atoms with Crippen molar-refractivity contribution in [2.24, 2.45) is 0 Å². The molecule has 0 spiro atoms. The van der Waals surface area contributed by atoms with Crippen molar-refractivity contribution in [2.75, 3.05) is 24.5 Å². The predicted molar refractivity (Wildman–Crippen MR) is 113 cm³/mol.